The van der Waals surface area contributed by atoms with E-state index in [1.54, 1.807) is 6.92 Å². The number of carbonyl (C=O) groups excluding carboxylic acids is 2. The van der Waals surface area contributed by atoms with Crippen LogP contribution in [0, 0.1) is 11.3 Å². The molecule has 3 fully saturated rings. The molecule has 0 aromatic carbocycles. The van der Waals surface area contributed by atoms with Gasteiger partial charge in [-0.3, -0.25) is 14.5 Å². The van der Waals surface area contributed by atoms with Crippen LogP contribution in [0.2, 0.25) is 0 Å². The van der Waals surface area contributed by atoms with Crippen molar-refractivity contribution in [3.63, 3.8) is 0 Å². The van der Waals surface area contributed by atoms with Gasteiger partial charge in [0.1, 0.15) is 5.78 Å². The maximum absolute atomic E-state index is 11.9. The fraction of sp³-hybridized carbons (Fsp3) is 0.882. The van der Waals surface area contributed by atoms with E-state index >= 15 is 0 Å². The third-order valence-electron chi connectivity index (χ3n) is 5.92. The van der Waals surface area contributed by atoms with E-state index in [0.717, 1.165) is 45.4 Å². The monoisotopic (exact) mass is 292 g/mol. The van der Waals surface area contributed by atoms with Crippen LogP contribution in [-0.2, 0) is 9.59 Å². The highest BCUT2D eigenvalue weighted by atomic mass is 16.2. The lowest BCUT2D eigenvalue weighted by atomic mass is 9.49. The summed E-state index contributed by atoms with van der Waals surface area (Å²) in [5.41, 5.74) is 0.510. The molecule has 1 spiro atoms. The third kappa shape index (κ3) is 2.87. The van der Waals surface area contributed by atoms with E-state index in [1.165, 1.54) is 12.8 Å². The highest BCUT2D eigenvalue weighted by Crippen LogP contribution is 2.60. The number of rotatable bonds is 4. The van der Waals surface area contributed by atoms with Gasteiger partial charge in [-0.15, -0.1) is 0 Å². The average Bonchev–Trinajstić information content (AvgIpc) is 2.36. The molecule has 0 atom stereocenters. The summed E-state index contributed by atoms with van der Waals surface area (Å²) >= 11 is 0. The summed E-state index contributed by atoms with van der Waals surface area (Å²) in [6, 6.07) is 0.710. The SMILES string of the molecule is CCCC(=O)N1CCN(C2CC3(CC(C(C)=O)C3)C2)CC1. The number of carbonyl (C=O) groups is 2. The molecule has 118 valence electrons. The van der Waals surface area contributed by atoms with Crippen LogP contribution in [0.3, 0.4) is 0 Å². The summed E-state index contributed by atoms with van der Waals surface area (Å²) in [6.07, 6.45) is 6.46. The first kappa shape index (κ1) is 15.0. The number of amides is 1. The van der Waals surface area contributed by atoms with Crippen LogP contribution < -0.4 is 0 Å². The van der Waals surface area contributed by atoms with E-state index < -0.39 is 0 Å². The van der Waals surface area contributed by atoms with E-state index in [1.807, 2.05) is 4.90 Å². The molecule has 1 saturated heterocycles. The molecule has 3 rings (SSSR count). The van der Waals surface area contributed by atoms with Crippen molar-refractivity contribution in [3.8, 4) is 0 Å². The van der Waals surface area contributed by atoms with Gasteiger partial charge in [0.2, 0.25) is 5.91 Å². The van der Waals surface area contributed by atoms with Crippen molar-refractivity contribution >= 4 is 11.7 Å². The molecule has 0 aromatic rings. The molecule has 0 radical (unpaired) electrons. The summed E-state index contributed by atoms with van der Waals surface area (Å²) in [4.78, 5) is 27.8. The van der Waals surface area contributed by atoms with Gasteiger partial charge in [-0.05, 0) is 44.4 Å². The highest BCUT2D eigenvalue weighted by molar-refractivity contribution is 5.79. The summed E-state index contributed by atoms with van der Waals surface area (Å²) in [7, 11) is 0. The minimum atomic E-state index is 0.325. The van der Waals surface area contributed by atoms with Gasteiger partial charge in [0.25, 0.3) is 0 Å². The summed E-state index contributed by atoms with van der Waals surface area (Å²) in [6.45, 7) is 7.67. The Hall–Kier alpha value is -0.900. The Labute approximate surface area is 127 Å². The van der Waals surface area contributed by atoms with Gasteiger partial charge in [-0.1, -0.05) is 6.92 Å². The van der Waals surface area contributed by atoms with Crippen molar-refractivity contribution in [2.75, 3.05) is 26.2 Å². The zero-order chi connectivity index (χ0) is 15.0. The molecule has 1 heterocycles. The molecule has 0 bridgehead atoms. The predicted octanol–water partition coefficient (Wildman–Crippen LogP) is 2.08. The minimum absolute atomic E-state index is 0.325. The summed E-state index contributed by atoms with van der Waals surface area (Å²) in [5, 5.41) is 0. The molecular formula is C17H28N2O2. The van der Waals surface area contributed by atoms with E-state index in [-0.39, 0.29) is 0 Å². The second kappa shape index (κ2) is 5.71. The van der Waals surface area contributed by atoms with E-state index in [4.69, 9.17) is 0 Å². The Morgan fingerprint density at radius 1 is 1.05 bits per heavy atom. The lowest BCUT2D eigenvalue weighted by molar-refractivity contribution is -0.142. The molecule has 3 aliphatic rings. The van der Waals surface area contributed by atoms with Gasteiger partial charge in [0.15, 0.2) is 0 Å². The van der Waals surface area contributed by atoms with Crippen molar-refractivity contribution in [1.82, 2.24) is 9.80 Å². The first-order valence-electron chi connectivity index (χ1n) is 8.55. The van der Waals surface area contributed by atoms with Crippen LogP contribution in [0.1, 0.15) is 52.4 Å². The lowest BCUT2D eigenvalue weighted by Crippen LogP contribution is -2.61. The fourth-order valence-electron chi connectivity index (χ4n) is 4.51. The molecule has 4 nitrogen and oxygen atoms in total. The van der Waals surface area contributed by atoms with Gasteiger partial charge in [0.05, 0.1) is 0 Å². The maximum atomic E-state index is 11.9. The van der Waals surface area contributed by atoms with Crippen LogP contribution >= 0.6 is 0 Å². The molecule has 0 aromatic heterocycles. The van der Waals surface area contributed by atoms with Crippen LogP contribution in [0.4, 0.5) is 0 Å². The largest absolute Gasteiger partial charge is 0.340 e. The standard InChI is InChI=1S/C17H28N2O2/c1-3-4-16(21)19-7-5-18(6-8-19)15-11-17(12-15)9-14(10-17)13(2)20/h14-15H,3-12H2,1-2H3. The number of Topliss-reactive ketones (excluding diaryl/α,β-unsaturated/α-hetero) is 1. The normalized spacial score (nSPS) is 36.2. The van der Waals surface area contributed by atoms with Gasteiger partial charge >= 0.3 is 0 Å². The zero-order valence-corrected chi connectivity index (χ0v) is 13.4. The first-order chi connectivity index (χ1) is 10.0. The Balaban J connectivity index is 1.40. The second-order valence-electron chi connectivity index (χ2n) is 7.44. The quantitative estimate of drug-likeness (QED) is 0.796. The molecule has 2 saturated carbocycles. The fourth-order valence-corrected chi connectivity index (χ4v) is 4.51. The van der Waals surface area contributed by atoms with E-state index in [2.05, 4.69) is 11.8 Å². The molecule has 4 heteroatoms. The van der Waals surface area contributed by atoms with Crippen molar-refractivity contribution in [2.45, 2.75) is 58.4 Å². The molecular weight excluding hydrogens is 264 g/mol. The second-order valence-corrected chi connectivity index (χ2v) is 7.44. The molecule has 0 N–H and O–H groups in total. The van der Waals surface area contributed by atoms with E-state index in [9.17, 15) is 9.59 Å². The Kier molecular flexibility index (Phi) is 4.08. The Morgan fingerprint density at radius 2 is 1.67 bits per heavy atom. The van der Waals surface area contributed by atoms with Gasteiger partial charge < -0.3 is 4.90 Å². The van der Waals surface area contributed by atoms with E-state index in [0.29, 0.717) is 35.5 Å². The molecule has 1 amide bonds. The number of nitrogens with zero attached hydrogens (tertiary/aromatic N) is 2. The summed E-state index contributed by atoms with van der Waals surface area (Å²) < 4.78 is 0. The van der Waals surface area contributed by atoms with Crippen LogP contribution in [0.25, 0.3) is 0 Å². The number of hydrogen-bond acceptors (Lipinski definition) is 3. The molecule has 2 aliphatic carbocycles. The lowest BCUT2D eigenvalue weighted by Gasteiger charge is -2.60. The molecule has 0 unspecified atom stereocenters. The predicted molar refractivity (Wildman–Crippen MR) is 81.9 cm³/mol. The van der Waals surface area contributed by atoms with Gasteiger partial charge in [0, 0.05) is 44.6 Å². The minimum Gasteiger partial charge on any atom is -0.340 e. The average molecular weight is 292 g/mol. The van der Waals surface area contributed by atoms with Crippen molar-refractivity contribution in [1.29, 1.82) is 0 Å². The third-order valence-corrected chi connectivity index (χ3v) is 5.92. The first-order valence-corrected chi connectivity index (χ1v) is 8.55. The molecule has 1 aliphatic heterocycles. The van der Waals surface area contributed by atoms with Crippen molar-refractivity contribution in [3.05, 3.63) is 0 Å². The molecule has 21 heavy (non-hydrogen) atoms. The van der Waals surface area contributed by atoms with Gasteiger partial charge in [-0.2, -0.15) is 0 Å². The van der Waals surface area contributed by atoms with Crippen LogP contribution in [-0.4, -0.2) is 53.7 Å². The number of ketones is 1. The number of hydrogen-bond donors (Lipinski definition) is 0. The Morgan fingerprint density at radius 3 is 2.19 bits per heavy atom. The number of piperazine rings is 1. The smallest absolute Gasteiger partial charge is 0.222 e. The maximum Gasteiger partial charge on any atom is 0.222 e. The van der Waals surface area contributed by atoms with Crippen molar-refractivity contribution in [2.24, 2.45) is 11.3 Å². The summed E-state index contributed by atoms with van der Waals surface area (Å²) in [5.74, 6) is 1.06. The Bertz CT molecular complexity index is 413. The topological polar surface area (TPSA) is 40.6 Å². The van der Waals surface area contributed by atoms with Crippen LogP contribution in [0.15, 0.2) is 0 Å². The van der Waals surface area contributed by atoms with Crippen molar-refractivity contribution < 1.29 is 9.59 Å². The zero-order valence-electron chi connectivity index (χ0n) is 13.4. The highest BCUT2D eigenvalue weighted by Gasteiger charge is 2.55. The van der Waals surface area contributed by atoms with Gasteiger partial charge in [-0.25, -0.2) is 0 Å². The van der Waals surface area contributed by atoms with Crippen LogP contribution in [0.5, 0.6) is 0 Å².